The van der Waals surface area contributed by atoms with Crippen LogP contribution in [0.25, 0.3) is 11.1 Å². The van der Waals surface area contributed by atoms with Crippen molar-refractivity contribution >= 4 is 5.69 Å². The number of rotatable bonds is 13. The predicted octanol–water partition coefficient (Wildman–Crippen LogP) is 27.5. The van der Waals surface area contributed by atoms with Crippen molar-refractivity contribution in [2.24, 2.45) is 0 Å². The Morgan fingerprint density at radius 2 is 0.575 bits per heavy atom. The van der Waals surface area contributed by atoms with Crippen LogP contribution in [0.1, 0.15) is 371 Å². The van der Waals surface area contributed by atoms with Gasteiger partial charge in [0.2, 0.25) is 0 Å². The fourth-order valence-electron chi connectivity index (χ4n) is 22.2. The molecule has 10 fully saturated rings. The van der Waals surface area contributed by atoms with Crippen molar-refractivity contribution in [1.29, 1.82) is 0 Å². The van der Waals surface area contributed by atoms with Gasteiger partial charge in [0.1, 0.15) is 5.75 Å². The largest absolute Gasteiger partial charge is 0.491 e. The fourth-order valence-corrected chi connectivity index (χ4v) is 22.2. The lowest BCUT2D eigenvalue weighted by molar-refractivity contribution is 0.00726. The number of ether oxygens (including phenoxy) is 3. The van der Waals surface area contributed by atoms with Crippen LogP contribution in [-0.4, -0.2) is 148 Å². The number of nitrogens with zero attached hydrogens (tertiary/aromatic N) is 7. The maximum atomic E-state index is 5.99. The number of hydrogen-bond acceptors (Lipinski definition) is 10. The molecule has 1 saturated carbocycles. The molecule has 1 aliphatic carbocycles. The Hall–Kier alpha value is -6.18. The number of anilines is 1. The summed E-state index contributed by atoms with van der Waals surface area (Å²) in [5, 5.41) is 0. The highest BCUT2D eigenvalue weighted by Crippen LogP contribution is 2.49. The molecule has 656 valence electrons. The minimum absolute atomic E-state index is 0.214. The summed E-state index contributed by atoms with van der Waals surface area (Å²) >= 11 is 0. The van der Waals surface area contributed by atoms with E-state index >= 15 is 0 Å². The standard InChI is InChI=1S/C20H31N.C20H25N.C19H29NO.C17H26N2.C17H25NO.C17H27NO/c2*1-20(2,3)21-15-9-14-19(21)18-13-8-7-12-17(18)16-10-5-4-6-11-16;1-19(2,3)20-12-6-9-18(20)17-8-5-4-7-16(17)15-10-13-21-14-11-15;1-17(2,3)19-13-6-10-16(19)14-8-4-5-9-15(14)18-11-7-12-18;1-17(2,3)18-10-6-9-16(18)15-8-5-4-7-14(15)13-11-19-12-13;1-13(2)19-16-11-7-6-9-14(16)15-10-8-12-18(15)17(3,4)5/h7-8,12-13,16,19H,4-6,9-11,14-15H2,1-3H3;4-8,10-13,19H,9,14-15H2,1-3H3;4-5,7-8,15,18H,6,9-14H2,1-3H3;4-5,8-9,16H,6-7,10-13H2,1-3H3;4-5,7-8,13,16H,6,9-12H2,1-3H3;6-7,9,11,13,15H,8,10,12H2,1-5H3/t;;;;;15-/m.....0/s1. The van der Waals surface area contributed by atoms with Gasteiger partial charge in [-0.05, 0) is 367 Å². The lowest BCUT2D eigenvalue weighted by atomic mass is 9.80. The average molecular weight is 1630 g/mol. The SMILES string of the molecule is CC(C)(C)N1CCCC1c1ccccc1-c1ccccc1.CC(C)(C)N1CCCC1c1ccccc1C1CCCCC1.CC(C)(C)N1CCCC1c1ccccc1C1CCOCC1.CC(C)(C)N1CCCC1c1ccccc1C1COC1.CC(C)(C)N1CCCC1c1ccccc1N1CCC1.CC(C)Oc1ccccc1[C@@H]1CCCN1C(C)(C)C. The van der Waals surface area contributed by atoms with E-state index in [1.807, 2.05) is 0 Å². The summed E-state index contributed by atoms with van der Waals surface area (Å²) in [6, 6.07) is 68.3. The first kappa shape index (κ1) is 93.0. The summed E-state index contributed by atoms with van der Waals surface area (Å²) in [5.74, 6) is 3.19. The molecule has 10 heteroatoms. The van der Waals surface area contributed by atoms with E-state index < -0.39 is 0 Å². The molecule has 0 radical (unpaired) electrons. The van der Waals surface area contributed by atoms with Gasteiger partial charge in [0, 0.05) is 113 Å². The Morgan fingerprint density at radius 3 is 0.942 bits per heavy atom. The molecule has 10 aliphatic rings. The van der Waals surface area contributed by atoms with Gasteiger partial charge in [0.15, 0.2) is 0 Å². The summed E-state index contributed by atoms with van der Waals surface area (Å²) in [6.45, 7) is 59.7. The zero-order chi connectivity index (χ0) is 85.6. The Bertz CT molecular complexity index is 4060. The van der Waals surface area contributed by atoms with E-state index in [4.69, 9.17) is 14.2 Å². The fraction of sp³-hybridized carbons (Fsp3) is 0.618. The van der Waals surface area contributed by atoms with Gasteiger partial charge in [0.05, 0.1) is 19.3 Å². The molecule has 9 aliphatic heterocycles. The third kappa shape index (κ3) is 23.9. The normalized spacial score (nSPS) is 23.6. The van der Waals surface area contributed by atoms with Crippen molar-refractivity contribution in [2.75, 3.05) is 83.7 Å². The van der Waals surface area contributed by atoms with E-state index in [1.54, 1.807) is 33.4 Å². The van der Waals surface area contributed by atoms with E-state index in [-0.39, 0.29) is 39.3 Å². The molecule has 0 bridgehead atoms. The lowest BCUT2D eigenvalue weighted by Gasteiger charge is -2.41. The molecule has 7 aromatic carbocycles. The molecule has 120 heavy (non-hydrogen) atoms. The maximum absolute atomic E-state index is 5.99. The molecule has 0 N–H and O–H groups in total. The topological polar surface area (TPSA) is 50.4 Å². The van der Waals surface area contributed by atoms with Crippen LogP contribution in [0.4, 0.5) is 5.69 Å². The number of benzene rings is 7. The number of hydrogen-bond donors (Lipinski definition) is 0. The average Bonchev–Trinajstić information content (AvgIpc) is 1.36. The zero-order valence-corrected chi connectivity index (χ0v) is 79.0. The third-order valence-electron chi connectivity index (χ3n) is 28.1. The zero-order valence-electron chi connectivity index (χ0n) is 79.0. The first-order valence-corrected chi connectivity index (χ1v) is 48.0. The van der Waals surface area contributed by atoms with E-state index in [9.17, 15) is 0 Å². The van der Waals surface area contributed by atoms with Crippen LogP contribution in [0.3, 0.4) is 0 Å². The van der Waals surface area contributed by atoms with Crippen LogP contribution >= 0.6 is 0 Å². The van der Waals surface area contributed by atoms with Crippen LogP contribution in [0.5, 0.6) is 5.75 Å². The summed E-state index contributed by atoms with van der Waals surface area (Å²) in [7, 11) is 0. The first-order chi connectivity index (χ1) is 57.3. The molecule has 6 atom stereocenters. The summed E-state index contributed by atoms with van der Waals surface area (Å²) in [5.41, 5.74) is 19.6. The molecular weight excluding hydrogens is 1470 g/mol. The van der Waals surface area contributed by atoms with E-state index in [0.717, 1.165) is 38.1 Å². The second-order valence-corrected chi connectivity index (χ2v) is 43.0. The van der Waals surface area contributed by atoms with Crippen LogP contribution in [0, 0.1) is 0 Å². The van der Waals surface area contributed by atoms with Gasteiger partial charge in [-0.1, -0.05) is 183 Å². The molecule has 0 spiro atoms. The van der Waals surface area contributed by atoms with Crippen molar-refractivity contribution in [3.63, 3.8) is 0 Å². The minimum Gasteiger partial charge on any atom is -0.491 e. The molecular formula is C110H163N7O3. The highest BCUT2D eigenvalue weighted by atomic mass is 16.5. The molecule has 7 aromatic rings. The molecule has 10 nitrogen and oxygen atoms in total. The van der Waals surface area contributed by atoms with Crippen LogP contribution in [-0.2, 0) is 9.47 Å². The molecule has 17 rings (SSSR count). The van der Waals surface area contributed by atoms with Gasteiger partial charge in [-0.25, -0.2) is 0 Å². The number of para-hydroxylation sites is 2. The Labute approximate surface area is 731 Å². The summed E-state index contributed by atoms with van der Waals surface area (Å²) in [4.78, 5) is 18.6. The lowest BCUT2D eigenvalue weighted by Crippen LogP contribution is -2.42. The van der Waals surface area contributed by atoms with Crippen LogP contribution in [0.2, 0.25) is 0 Å². The second kappa shape index (κ2) is 41.7. The van der Waals surface area contributed by atoms with Gasteiger partial charge < -0.3 is 19.1 Å². The van der Waals surface area contributed by atoms with Crippen molar-refractivity contribution < 1.29 is 14.2 Å². The van der Waals surface area contributed by atoms with Gasteiger partial charge in [-0.2, -0.15) is 0 Å². The Morgan fingerprint density at radius 1 is 0.267 bits per heavy atom. The van der Waals surface area contributed by atoms with E-state index in [1.165, 1.54) is 214 Å². The Kier molecular flexibility index (Phi) is 32.4. The summed E-state index contributed by atoms with van der Waals surface area (Å²) < 4.78 is 16.9. The van der Waals surface area contributed by atoms with Gasteiger partial charge in [-0.3, -0.25) is 29.4 Å². The van der Waals surface area contributed by atoms with E-state index in [2.05, 4.69) is 349 Å². The van der Waals surface area contributed by atoms with E-state index in [0.29, 0.717) is 48.1 Å². The highest BCUT2D eigenvalue weighted by Gasteiger charge is 2.42. The second-order valence-electron chi connectivity index (χ2n) is 43.0. The highest BCUT2D eigenvalue weighted by molar-refractivity contribution is 5.68. The maximum Gasteiger partial charge on any atom is 0.124 e. The van der Waals surface area contributed by atoms with Crippen molar-refractivity contribution in [3.05, 3.63) is 226 Å². The molecule has 0 aromatic heterocycles. The van der Waals surface area contributed by atoms with Gasteiger partial charge >= 0.3 is 0 Å². The smallest absolute Gasteiger partial charge is 0.124 e. The van der Waals surface area contributed by atoms with Crippen LogP contribution in [0.15, 0.2) is 176 Å². The molecule has 0 amide bonds. The molecule has 9 saturated heterocycles. The van der Waals surface area contributed by atoms with Crippen molar-refractivity contribution in [2.45, 2.75) is 360 Å². The van der Waals surface area contributed by atoms with Crippen LogP contribution < -0.4 is 9.64 Å². The molecule has 9 heterocycles. The van der Waals surface area contributed by atoms with Gasteiger partial charge in [0.25, 0.3) is 0 Å². The summed E-state index contributed by atoms with van der Waals surface area (Å²) in [6.07, 6.45) is 26.7. The quantitative estimate of drug-likeness (QED) is 0.112. The number of likely N-dealkylation sites (tertiary alicyclic amines) is 6. The van der Waals surface area contributed by atoms with Gasteiger partial charge in [-0.15, -0.1) is 0 Å². The first-order valence-electron chi connectivity index (χ1n) is 48.0. The third-order valence-corrected chi connectivity index (χ3v) is 28.1. The predicted molar refractivity (Wildman–Crippen MR) is 509 cm³/mol. The van der Waals surface area contributed by atoms with Crippen molar-refractivity contribution in [3.8, 4) is 16.9 Å². The monoisotopic (exact) mass is 1630 g/mol. The Balaban J connectivity index is 0.000000132. The van der Waals surface area contributed by atoms with Crippen molar-refractivity contribution in [1.82, 2.24) is 29.4 Å². The minimum atomic E-state index is 0.214. The molecule has 5 unspecified atom stereocenters.